The molecule has 0 bridgehead atoms. The zero-order valence-electron chi connectivity index (χ0n) is 16.6. The molecular formula is C23H24N2O3S. The second-order valence-electron chi connectivity index (χ2n) is 7.71. The van der Waals surface area contributed by atoms with E-state index in [1.807, 2.05) is 61.2 Å². The van der Waals surface area contributed by atoms with Crippen molar-refractivity contribution in [2.75, 3.05) is 16.2 Å². The molecule has 4 rings (SSSR count). The second kappa shape index (κ2) is 7.52. The Labute approximate surface area is 171 Å². The number of carbonyl (C=O) groups excluding carboxylic acids is 1. The van der Waals surface area contributed by atoms with Crippen molar-refractivity contribution in [2.24, 2.45) is 5.92 Å². The lowest BCUT2D eigenvalue weighted by Gasteiger charge is -2.31. The molecule has 150 valence electrons. The van der Waals surface area contributed by atoms with Gasteiger partial charge in [0.05, 0.1) is 4.90 Å². The van der Waals surface area contributed by atoms with Crippen LogP contribution in [0, 0.1) is 5.92 Å². The lowest BCUT2D eigenvalue weighted by molar-refractivity contribution is -0.121. The SMILES string of the molecule is CC(C)C(=O)N1CCCc2cc(NS(=O)(=O)c3ccc4ccccc4c3)ccc21. The summed E-state index contributed by atoms with van der Waals surface area (Å²) in [7, 11) is -3.71. The number of carbonyl (C=O) groups is 1. The van der Waals surface area contributed by atoms with Gasteiger partial charge in [0.2, 0.25) is 5.91 Å². The number of aryl methyl sites for hydroxylation is 1. The Kier molecular flexibility index (Phi) is 5.04. The van der Waals surface area contributed by atoms with Crippen molar-refractivity contribution in [3.63, 3.8) is 0 Å². The van der Waals surface area contributed by atoms with Crippen molar-refractivity contribution in [3.05, 3.63) is 66.2 Å². The molecule has 29 heavy (non-hydrogen) atoms. The average molecular weight is 409 g/mol. The van der Waals surface area contributed by atoms with Gasteiger partial charge in [0.1, 0.15) is 0 Å². The predicted octanol–water partition coefficient (Wildman–Crippen LogP) is 4.58. The third-order valence-corrected chi connectivity index (χ3v) is 6.62. The van der Waals surface area contributed by atoms with Crippen molar-refractivity contribution in [2.45, 2.75) is 31.6 Å². The molecule has 0 aromatic heterocycles. The molecule has 0 fully saturated rings. The van der Waals surface area contributed by atoms with Crippen LogP contribution in [0.4, 0.5) is 11.4 Å². The van der Waals surface area contributed by atoms with E-state index in [0.717, 1.165) is 34.9 Å². The van der Waals surface area contributed by atoms with Crippen LogP contribution >= 0.6 is 0 Å². The second-order valence-corrected chi connectivity index (χ2v) is 9.39. The van der Waals surface area contributed by atoms with Crippen LogP contribution in [0.15, 0.2) is 65.6 Å². The fraction of sp³-hybridized carbons (Fsp3) is 0.261. The molecular weight excluding hydrogens is 384 g/mol. The average Bonchev–Trinajstić information content (AvgIpc) is 2.72. The Morgan fingerprint density at radius 2 is 1.76 bits per heavy atom. The normalized spacial score (nSPS) is 14.1. The van der Waals surface area contributed by atoms with Crippen molar-refractivity contribution >= 4 is 38.1 Å². The minimum atomic E-state index is -3.71. The fourth-order valence-corrected chi connectivity index (χ4v) is 4.83. The zero-order valence-corrected chi connectivity index (χ0v) is 17.4. The highest BCUT2D eigenvalue weighted by Gasteiger charge is 2.25. The van der Waals surface area contributed by atoms with E-state index < -0.39 is 10.0 Å². The summed E-state index contributed by atoms with van der Waals surface area (Å²) in [6, 6.07) is 18.2. The minimum absolute atomic E-state index is 0.0768. The molecule has 1 amide bonds. The predicted molar refractivity (Wildman–Crippen MR) is 117 cm³/mol. The Morgan fingerprint density at radius 3 is 2.52 bits per heavy atom. The van der Waals surface area contributed by atoms with Crippen LogP contribution in [0.2, 0.25) is 0 Å². The summed E-state index contributed by atoms with van der Waals surface area (Å²) in [5.74, 6) is 0.0162. The molecule has 0 radical (unpaired) electrons. The molecule has 0 saturated heterocycles. The first kappa shape index (κ1) is 19.5. The van der Waals surface area contributed by atoms with Crippen LogP contribution in [0.1, 0.15) is 25.8 Å². The molecule has 0 aliphatic carbocycles. The van der Waals surface area contributed by atoms with Gasteiger partial charge in [-0.1, -0.05) is 44.2 Å². The number of hydrogen-bond donors (Lipinski definition) is 1. The van der Waals surface area contributed by atoms with E-state index in [9.17, 15) is 13.2 Å². The van der Waals surface area contributed by atoms with E-state index >= 15 is 0 Å². The van der Waals surface area contributed by atoms with E-state index in [4.69, 9.17) is 0 Å². The molecule has 1 N–H and O–H groups in total. The molecule has 0 atom stereocenters. The summed E-state index contributed by atoms with van der Waals surface area (Å²) in [6.07, 6.45) is 1.69. The van der Waals surface area contributed by atoms with Crippen LogP contribution in [-0.2, 0) is 21.2 Å². The zero-order chi connectivity index (χ0) is 20.6. The standard InChI is InChI=1S/C23H24N2O3S/c1-16(2)23(26)25-13-5-8-19-14-20(10-12-22(19)25)24-29(27,28)21-11-9-17-6-3-4-7-18(17)15-21/h3-4,6-7,9-12,14-16,24H,5,8,13H2,1-2H3. The van der Waals surface area contributed by atoms with Crippen LogP contribution in [0.25, 0.3) is 10.8 Å². The molecule has 6 heteroatoms. The summed E-state index contributed by atoms with van der Waals surface area (Å²) >= 11 is 0. The first-order valence-corrected chi connectivity index (χ1v) is 11.3. The number of rotatable bonds is 4. The topological polar surface area (TPSA) is 66.5 Å². The number of fused-ring (bicyclic) bond motifs is 2. The highest BCUT2D eigenvalue weighted by molar-refractivity contribution is 7.92. The van der Waals surface area contributed by atoms with E-state index in [0.29, 0.717) is 12.2 Å². The molecule has 3 aromatic carbocycles. The summed E-state index contributed by atoms with van der Waals surface area (Å²) < 4.78 is 28.5. The van der Waals surface area contributed by atoms with E-state index in [2.05, 4.69) is 4.72 Å². The van der Waals surface area contributed by atoms with E-state index in [-0.39, 0.29) is 16.7 Å². The first-order chi connectivity index (χ1) is 13.8. The molecule has 1 aliphatic rings. The fourth-order valence-electron chi connectivity index (χ4n) is 3.75. The van der Waals surface area contributed by atoms with Gasteiger partial charge >= 0.3 is 0 Å². The smallest absolute Gasteiger partial charge is 0.261 e. The molecule has 3 aromatic rings. The monoisotopic (exact) mass is 408 g/mol. The summed E-state index contributed by atoms with van der Waals surface area (Å²) in [5.41, 5.74) is 2.38. The molecule has 0 spiro atoms. The summed E-state index contributed by atoms with van der Waals surface area (Å²) in [4.78, 5) is 14.5. The van der Waals surface area contributed by atoms with Gasteiger partial charge in [-0.25, -0.2) is 8.42 Å². The van der Waals surface area contributed by atoms with Crippen molar-refractivity contribution in [1.29, 1.82) is 0 Å². The summed E-state index contributed by atoms with van der Waals surface area (Å²) in [5, 5.41) is 1.87. The highest BCUT2D eigenvalue weighted by Crippen LogP contribution is 2.31. The van der Waals surface area contributed by atoms with Gasteiger partial charge in [-0.2, -0.15) is 0 Å². The third kappa shape index (κ3) is 3.85. The van der Waals surface area contributed by atoms with Gasteiger partial charge in [-0.3, -0.25) is 9.52 Å². The largest absolute Gasteiger partial charge is 0.312 e. The number of nitrogens with zero attached hydrogens (tertiary/aromatic N) is 1. The number of amides is 1. The molecule has 1 aliphatic heterocycles. The maximum atomic E-state index is 12.9. The van der Waals surface area contributed by atoms with Crippen LogP contribution in [-0.4, -0.2) is 20.9 Å². The lowest BCUT2D eigenvalue weighted by atomic mass is 9.99. The molecule has 0 unspecified atom stereocenters. The highest BCUT2D eigenvalue weighted by atomic mass is 32.2. The first-order valence-electron chi connectivity index (χ1n) is 9.81. The van der Waals surface area contributed by atoms with Gasteiger partial charge in [0.25, 0.3) is 10.0 Å². The summed E-state index contributed by atoms with van der Waals surface area (Å²) in [6.45, 7) is 4.48. The van der Waals surface area contributed by atoms with Crippen LogP contribution < -0.4 is 9.62 Å². The number of nitrogens with one attached hydrogen (secondary N) is 1. The van der Waals surface area contributed by atoms with Crippen LogP contribution in [0.3, 0.4) is 0 Å². The van der Waals surface area contributed by atoms with Crippen molar-refractivity contribution in [1.82, 2.24) is 0 Å². The Morgan fingerprint density at radius 1 is 1.00 bits per heavy atom. The number of hydrogen-bond acceptors (Lipinski definition) is 3. The maximum absolute atomic E-state index is 12.9. The molecule has 5 nitrogen and oxygen atoms in total. The van der Waals surface area contributed by atoms with Crippen LogP contribution in [0.5, 0.6) is 0 Å². The third-order valence-electron chi connectivity index (χ3n) is 5.24. The lowest BCUT2D eigenvalue weighted by Crippen LogP contribution is -2.38. The quantitative estimate of drug-likeness (QED) is 0.687. The van der Waals surface area contributed by atoms with Crippen molar-refractivity contribution in [3.8, 4) is 0 Å². The van der Waals surface area contributed by atoms with E-state index in [1.165, 1.54) is 0 Å². The van der Waals surface area contributed by atoms with Gasteiger partial charge in [0, 0.05) is 23.8 Å². The maximum Gasteiger partial charge on any atom is 0.261 e. The molecule has 1 heterocycles. The Balaban J connectivity index is 1.63. The minimum Gasteiger partial charge on any atom is -0.312 e. The van der Waals surface area contributed by atoms with Gasteiger partial charge in [0.15, 0.2) is 0 Å². The Bertz CT molecular complexity index is 1190. The molecule has 0 saturated carbocycles. The van der Waals surface area contributed by atoms with Gasteiger partial charge < -0.3 is 4.90 Å². The van der Waals surface area contributed by atoms with Crippen molar-refractivity contribution < 1.29 is 13.2 Å². The number of anilines is 2. The number of sulfonamides is 1. The van der Waals surface area contributed by atoms with E-state index in [1.54, 1.807) is 18.2 Å². The Hall–Kier alpha value is -2.86. The van der Waals surface area contributed by atoms with Gasteiger partial charge in [-0.05, 0) is 59.5 Å². The number of benzene rings is 3. The van der Waals surface area contributed by atoms with Gasteiger partial charge in [-0.15, -0.1) is 0 Å².